The molecule has 1 aliphatic carbocycles. The maximum atomic E-state index is 5.94. The van der Waals surface area contributed by atoms with Crippen LogP contribution in [0.2, 0.25) is 0 Å². The molecule has 0 radical (unpaired) electrons. The third-order valence-corrected chi connectivity index (χ3v) is 4.25. The summed E-state index contributed by atoms with van der Waals surface area (Å²) in [6.07, 6.45) is 5.32. The maximum Gasteiger partial charge on any atom is 0.0457 e. The van der Waals surface area contributed by atoms with Gasteiger partial charge in [0, 0.05) is 15.1 Å². The van der Waals surface area contributed by atoms with Crippen LogP contribution >= 0.6 is 34.4 Å². The van der Waals surface area contributed by atoms with Gasteiger partial charge in [-0.25, -0.2) is 0 Å². The van der Waals surface area contributed by atoms with E-state index in [1.807, 2.05) is 11.8 Å². The van der Waals surface area contributed by atoms with Gasteiger partial charge in [0.15, 0.2) is 0 Å². The summed E-state index contributed by atoms with van der Waals surface area (Å²) >= 11 is 4.43. The van der Waals surface area contributed by atoms with Crippen LogP contribution in [0.25, 0.3) is 0 Å². The molecule has 60 valence electrons. The van der Waals surface area contributed by atoms with Crippen molar-refractivity contribution < 1.29 is 0 Å². The molecule has 2 atom stereocenters. The van der Waals surface area contributed by atoms with Crippen LogP contribution in [-0.4, -0.2) is 15.1 Å². The minimum atomic E-state index is 0.480. The van der Waals surface area contributed by atoms with Crippen LogP contribution < -0.4 is 5.73 Å². The number of nitrogens with two attached hydrogens (primary N) is 1. The third kappa shape index (κ3) is 2.58. The molecule has 1 saturated carbocycles. The Morgan fingerprint density at radius 2 is 2.10 bits per heavy atom. The molecule has 1 nitrogen and oxygen atoms in total. The first-order chi connectivity index (χ1) is 4.84. The molecular weight excluding hydrogens is 257 g/mol. The van der Waals surface area contributed by atoms with Gasteiger partial charge in [0.2, 0.25) is 0 Å². The molecule has 0 aromatic heterocycles. The lowest BCUT2D eigenvalue weighted by Gasteiger charge is -2.27. The zero-order valence-corrected chi connectivity index (χ0v) is 9.03. The van der Waals surface area contributed by atoms with Gasteiger partial charge in [0.25, 0.3) is 0 Å². The Bertz CT molecular complexity index is 97.6. The Kier molecular flexibility index (Phi) is 4.41. The minimum Gasteiger partial charge on any atom is -0.327 e. The Balaban J connectivity index is 2.25. The molecule has 0 spiro atoms. The maximum absolute atomic E-state index is 5.94. The average molecular weight is 271 g/mol. The van der Waals surface area contributed by atoms with Crippen molar-refractivity contribution in [1.82, 2.24) is 0 Å². The van der Waals surface area contributed by atoms with E-state index < -0.39 is 0 Å². The topological polar surface area (TPSA) is 26.0 Å². The Morgan fingerprint density at radius 3 is 2.70 bits per heavy atom. The molecule has 1 aliphatic rings. The van der Waals surface area contributed by atoms with Crippen molar-refractivity contribution >= 4 is 34.4 Å². The smallest absolute Gasteiger partial charge is 0.0457 e. The van der Waals surface area contributed by atoms with Crippen LogP contribution in [0.1, 0.15) is 25.7 Å². The van der Waals surface area contributed by atoms with Crippen LogP contribution in [-0.2, 0) is 0 Å². The number of alkyl halides is 1. The zero-order valence-electron chi connectivity index (χ0n) is 6.05. The molecule has 2 unspecified atom stereocenters. The summed E-state index contributed by atoms with van der Waals surface area (Å²) in [4.78, 5) is 0. The van der Waals surface area contributed by atoms with Crippen LogP contribution in [0.3, 0.4) is 0 Å². The molecule has 0 bridgehead atoms. The van der Waals surface area contributed by atoms with Crippen molar-refractivity contribution in [3.05, 3.63) is 0 Å². The molecule has 0 aliphatic heterocycles. The van der Waals surface area contributed by atoms with Crippen molar-refractivity contribution in [2.24, 2.45) is 5.73 Å². The Hall–Kier alpha value is 1.04. The summed E-state index contributed by atoms with van der Waals surface area (Å²) in [5.41, 5.74) is 5.94. The van der Waals surface area contributed by atoms with Crippen molar-refractivity contribution in [2.45, 2.75) is 37.0 Å². The number of halogens is 1. The first-order valence-electron chi connectivity index (χ1n) is 3.77. The van der Waals surface area contributed by atoms with Gasteiger partial charge in [-0.1, -0.05) is 35.4 Å². The summed E-state index contributed by atoms with van der Waals surface area (Å²) < 4.78 is 1.19. The number of rotatable bonds is 2. The lowest BCUT2D eigenvalue weighted by atomic mass is 9.96. The van der Waals surface area contributed by atoms with Crippen LogP contribution in [0, 0.1) is 0 Å². The zero-order chi connectivity index (χ0) is 7.40. The van der Waals surface area contributed by atoms with Gasteiger partial charge in [-0.2, -0.15) is 0 Å². The monoisotopic (exact) mass is 271 g/mol. The lowest BCUT2D eigenvalue weighted by molar-refractivity contribution is 0.454. The molecule has 2 N–H and O–H groups in total. The molecule has 3 heteroatoms. The summed E-state index contributed by atoms with van der Waals surface area (Å²) in [5.74, 6) is 0. The van der Waals surface area contributed by atoms with Gasteiger partial charge < -0.3 is 5.73 Å². The van der Waals surface area contributed by atoms with Gasteiger partial charge in [0.1, 0.15) is 0 Å². The fourth-order valence-corrected chi connectivity index (χ4v) is 3.68. The summed E-state index contributed by atoms with van der Waals surface area (Å²) in [6, 6.07) is 0.480. The highest BCUT2D eigenvalue weighted by molar-refractivity contribution is 14.1. The normalized spacial score (nSPS) is 34.2. The van der Waals surface area contributed by atoms with E-state index in [2.05, 4.69) is 22.6 Å². The Labute approximate surface area is 80.6 Å². The summed E-state index contributed by atoms with van der Waals surface area (Å²) in [6.45, 7) is 0. The highest BCUT2D eigenvalue weighted by Crippen LogP contribution is 2.28. The molecule has 0 saturated heterocycles. The first-order valence-corrected chi connectivity index (χ1v) is 6.35. The second kappa shape index (κ2) is 4.83. The fourth-order valence-electron chi connectivity index (χ4n) is 1.41. The predicted molar refractivity (Wildman–Crippen MR) is 56.7 cm³/mol. The van der Waals surface area contributed by atoms with Gasteiger partial charge in [0.05, 0.1) is 0 Å². The van der Waals surface area contributed by atoms with E-state index in [9.17, 15) is 0 Å². The summed E-state index contributed by atoms with van der Waals surface area (Å²) in [7, 11) is 0. The highest BCUT2D eigenvalue weighted by atomic mass is 127. The molecule has 0 amide bonds. The quantitative estimate of drug-likeness (QED) is 0.616. The predicted octanol–water partition coefficient (Wildman–Crippen LogP) is 2.38. The van der Waals surface area contributed by atoms with E-state index in [0.29, 0.717) is 6.04 Å². The van der Waals surface area contributed by atoms with Crippen molar-refractivity contribution in [1.29, 1.82) is 0 Å². The molecule has 0 aromatic rings. The van der Waals surface area contributed by atoms with Gasteiger partial charge in [-0.15, -0.1) is 11.8 Å². The number of hydrogen-bond acceptors (Lipinski definition) is 2. The third-order valence-electron chi connectivity index (χ3n) is 2.03. The van der Waals surface area contributed by atoms with E-state index in [4.69, 9.17) is 5.73 Å². The first kappa shape index (κ1) is 9.13. The second-order valence-corrected chi connectivity index (χ2v) is 5.79. The summed E-state index contributed by atoms with van der Waals surface area (Å²) in [5, 5.41) is 0.755. The molecule has 10 heavy (non-hydrogen) atoms. The van der Waals surface area contributed by atoms with Crippen molar-refractivity contribution in [3.8, 4) is 0 Å². The molecule has 0 aromatic carbocycles. The SMILES string of the molecule is NC1CCCCC1SCI. The van der Waals surface area contributed by atoms with Crippen LogP contribution in [0.15, 0.2) is 0 Å². The average Bonchev–Trinajstić information content (AvgIpc) is 1.94. The van der Waals surface area contributed by atoms with Gasteiger partial charge in [-0.05, 0) is 12.8 Å². The molecule has 0 heterocycles. The number of hydrogen-bond donors (Lipinski definition) is 1. The Morgan fingerprint density at radius 1 is 1.40 bits per heavy atom. The van der Waals surface area contributed by atoms with Crippen LogP contribution in [0.4, 0.5) is 0 Å². The molecule has 1 rings (SSSR count). The van der Waals surface area contributed by atoms with Crippen LogP contribution in [0.5, 0.6) is 0 Å². The van der Waals surface area contributed by atoms with E-state index in [1.165, 1.54) is 29.4 Å². The lowest BCUT2D eigenvalue weighted by Crippen LogP contribution is -2.35. The standard InChI is InChI=1S/C7H14INS/c8-5-10-7-4-2-1-3-6(7)9/h6-7H,1-5,9H2. The van der Waals surface area contributed by atoms with Gasteiger partial charge in [-0.3, -0.25) is 0 Å². The highest BCUT2D eigenvalue weighted by Gasteiger charge is 2.20. The minimum absolute atomic E-state index is 0.480. The molecule has 1 fully saturated rings. The van der Waals surface area contributed by atoms with E-state index in [0.717, 1.165) is 5.25 Å². The van der Waals surface area contributed by atoms with E-state index in [1.54, 1.807) is 0 Å². The van der Waals surface area contributed by atoms with Crippen molar-refractivity contribution in [2.75, 3.05) is 3.76 Å². The number of thioether (sulfide) groups is 1. The second-order valence-electron chi connectivity index (χ2n) is 2.76. The fraction of sp³-hybridized carbons (Fsp3) is 1.00. The largest absolute Gasteiger partial charge is 0.327 e. The van der Waals surface area contributed by atoms with Gasteiger partial charge >= 0.3 is 0 Å². The van der Waals surface area contributed by atoms with E-state index >= 15 is 0 Å². The van der Waals surface area contributed by atoms with Crippen molar-refractivity contribution in [3.63, 3.8) is 0 Å². The molecular formula is C7H14INS. The van der Waals surface area contributed by atoms with E-state index in [-0.39, 0.29) is 0 Å².